The molecule has 0 spiro atoms. The third-order valence-corrected chi connectivity index (χ3v) is 4.50. The van der Waals surface area contributed by atoms with Crippen molar-refractivity contribution in [2.75, 3.05) is 7.11 Å². The SMILES string of the molecule is COC(=O)c1cccc(Br)c1COc1cc(Cl)c(C)cc1C. The summed E-state index contributed by atoms with van der Waals surface area (Å²) in [6.45, 7) is 4.15. The lowest BCUT2D eigenvalue weighted by Crippen LogP contribution is -2.09. The molecule has 0 radical (unpaired) electrons. The van der Waals surface area contributed by atoms with E-state index in [0.717, 1.165) is 21.2 Å². The molecule has 0 aromatic heterocycles. The standard InChI is InChI=1S/C17H16BrClO3/c1-10-7-11(2)16(8-15(10)19)22-9-13-12(17(20)21-3)5-4-6-14(13)18/h4-8H,9H2,1-3H3. The Balaban J connectivity index is 2.29. The molecule has 0 aliphatic heterocycles. The number of rotatable bonds is 4. The molecule has 0 amide bonds. The zero-order valence-electron chi connectivity index (χ0n) is 12.6. The molecule has 116 valence electrons. The Morgan fingerprint density at radius 2 is 1.95 bits per heavy atom. The van der Waals surface area contributed by atoms with E-state index in [1.807, 2.05) is 26.0 Å². The van der Waals surface area contributed by atoms with Crippen molar-refractivity contribution >= 4 is 33.5 Å². The number of benzene rings is 2. The number of aryl methyl sites for hydroxylation is 2. The maximum atomic E-state index is 11.8. The highest BCUT2D eigenvalue weighted by Gasteiger charge is 2.15. The minimum absolute atomic E-state index is 0.242. The van der Waals surface area contributed by atoms with Crippen LogP contribution in [0.15, 0.2) is 34.8 Å². The molecule has 0 atom stereocenters. The van der Waals surface area contributed by atoms with E-state index in [1.165, 1.54) is 7.11 Å². The minimum atomic E-state index is -0.390. The van der Waals surface area contributed by atoms with E-state index >= 15 is 0 Å². The van der Waals surface area contributed by atoms with Crippen LogP contribution in [-0.2, 0) is 11.3 Å². The van der Waals surface area contributed by atoms with Crippen molar-refractivity contribution < 1.29 is 14.3 Å². The minimum Gasteiger partial charge on any atom is -0.489 e. The second-order valence-corrected chi connectivity index (χ2v) is 6.17. The molecular weight excluding hydrogens is 368 g/mol. The first-order valence-corrected chi connectivity index (χ1v) is 7.86. The van der Waals surface area contributed by atoms with Gasteiger partial charge in [-0.3, -0.25) is 0 Å². The van der Waals surface area contributed by atoms with Crippen LogP contribution >= 0.6 is 27.5 Å². The Hall–Kier alpha value is -1.52. The number of ether oxygens (including phenoxy) is 2. The van der Waals surface area contributed by atoms with E-state index in [1.54, 1.807) is 18.2 Å². The van der Waals surface area contributed by atoms with Crippen molar-refractivity contribution in [2.24, 2.45) is 0 Å². The summed E-state index contributed by atoms with van der Waals surface area (Å²) in [6, 6.07) is 9.12. The fourth-order valence-electron chi connectivity index (χ4n) is 2.12. The maximum Gasteiger partial charge on any atom is 0.338 e. The van der Waals surface area contributed by atoms with Gasteiger partial charge in [-0.2, -0.15) is 0 Å². The summed E-state index contributed by atoms with van der Waals surface area (Å²) in [7, 11) is 1.36. The molecule has 2 aromatic rings. The van der Waals surface area contributed by atoms with Crippen molar-refractivity contribution in [2.45, 2.75) is 20.5 Å². The summed E-state index contributed by atoms with van der Waals surface area (Å²) in [5.41, 5.74) is 3.22. The van der Waals surface area contributed by atoms with Crippen LogP contribution in [0.4, 0.5) is 0 Å². The Kier molecular flexibility index (Phi) is 5.48. The van der Waals surface area contributed by atoms with E-state index in [0.29, 0.717) is 16.3 Å². The molecule has 0 N–H and O–H groups in total. The number of halogens is 2. The monoisotopic (exact) mass is 382 g/mol. The van der Waals surface area contributed by atoms with Crippen LogP contribution in [0.3, 0.4) is 0 Å². The van der Waals surface area contributed by atoms with Gasteiger partial charge in [0.05, 0.1) is 12.7 Å². The zero-order chi connectivity index (χ0) is 16.3. The molecule has 2 aromatic carbocycles. The van der Waals surface area contributed by atoms with E-state index in [-0.39, 0.29) is 6.61 Å². The molecule has 0 unspecified atom stereocenters. The Bertz CT molecular complexity index is 713. The lowest BCUT2D eigenvalue weighted by atomic mass is 10.1. The first-order chi connectivity index (χ1) is 10.4. The normalized spacial score (nSPS) is 10.4. The molecule has 2 rings (SSSR count). The summed E-state index contributed by atoms with van der Waals surface area (Å²) in [4.78, 5) is 11.8. The second kappa shape index (κ2) is 7.16. The average molecular weight is 384 g/mol. The van der Waals surface area contributed by atoms with Gasteiger partial charge in [0, 0.05) is 15.1 Å². The van der Waals surface area contributed by atoms with Crippen molar-refractivity contribution in [1.82, 2.24) is 0 Å². The fraction of sp³-hybridized carbons (Fsp3) is 0.235. The van der Waals surface area contributed by atoms with Crippen LogP contribution in [0.5, 0.6) is 5.75 Å². The highest BCUT2D eigenvalue weighted by molar-refractivity contribution is 9.10. The van der Waals surface area contributed by atoms with E-state index < -0.39 is 5.97 Å². The number of carbonyl (C=O) groups excluding carboxylic acids is 1. The van der Waals surface area contributed by atoms with Crippen molar-refractivity contribution in [3.05, 3.63) is 62.1 Å². The van der Waals surface area contributed by atoms with Gasteiger partial charge >= 0.3 is 5.97 Å². The molecule has 0 fully saturated rings. The molecule has 0 bridgehead atoms. The van der Waals surface area contributed by atoms with Crippen LogP contribution in [-0.4, -0.2) is 13.1 Å². The predicted molar refractivity (Wildman–Crippen MR) is 90.7 cm³/mol. The largest absolute Gasteiger partial charge is 0.489 e. The van der Waals surface area contributed by atoms with Crippen molar-refractivity contribution in [3.8, 4) is 5.75 Å². The summed E-state index contributed by atoms with van der Waals surface area (Å²) >= 11 is 9.59. The summed E-state index contributed by atoms with van der Waals surface area (Å²) < 4.78 is 11.5. The van der Waals surface area contributed by atoms with E-state index in [4.69, 9.17) is 21.1 Å². The highest BCUT2D eigenvalue weighted by Crippen LogP contribution is 2.29. The first-order valence-electron chi connectivity index (χ1n) is 6.69. The summed E-state index contributed by atoms with van der Waals surface area (Å²) in [5.74, 6) is 0.306. The molecule has 0 heterocycles. The fourth-order valence-corrected chi connectivity index (χ4v) is 2.75. The van der Waals surface area contributed by atoms with Crippen LogP contribution in [0.25, 0.3) is 0 Å². The van der Waals surface area contributed by atoms with Gasteiger partial charge in [0.25, 0.3) is 0 Å². The quantitative estimate of drug-likeness (QED) is 0.690. The van der Waals surface area contributed by atoms with Gasteiger partial charge in [0.2, 0.25) is 0 Å². The third kappa shape index (κ3) is 3.62. The average Bonchev–Trinajstić information content (AvgIpc) is 2.49. The summed E-state index contributed by atoms with van der Waals surface area (Å²) in [5, 5.41) is 0.654. The lowest BCUT2D eigenvalue weighted by Gasteiger charge is -2.14. The first kappa shape index (κ1) is 16.8. The predicted octanol–water partition coefficient (Wildman–Crippen LogP) is 5.08. The Labute approximate surface area is 143 Å². The molecule has 3 nitrogen and oxygen atoms in total. The number of methoxy groups -OCH3 is 1. The van der Waals surface area contributed by atoms with Gasteiger partial charge in [-0.25, -0.2) is 4.79 Å². The van der Waals surface area contributed by atoms with Gasteiger partial charge in [-0.05, 0) is 43.2 Å². The lowest BCUT2D eigenvalue weighted by molar-refractivity contribution is 0.0597. The second-order valence-electron chi connectivity index (χ2n) is 4.91. The smallest absolute Gasteiger partial charge is 0.338 e. The Morgan fingerprint density at radius 3 is 2.64 bits per heavy atom. The van der Waals surface area contributed by atoms with Crippen LogP contribution in [0.2, 0.25) is 5.02 Å². The highest BCUT2D eigenvalue weighted by atomic mass is 79.9. The van der Waals surface area contributed by atoms with Gasteiger partial charge in [0.15, 0.2) is 0 Å². The number of esters is 1. The van der Waals surface area contributed by atoms with Gasteiger partial charge in [-0.1, -0.05) is 39.7 Å². The van der Waals surface area contributed by atoms with Gasteiger partial charge in [0.1, 0.15) is 12.4 Å². The van der Waals surface area contributed by atoms with Gasteiger partial charge in [-0.15, -0.1) is 0 Å². The zero-order valence-corrected chi connectivity index (χ0v) is 14.9. The van der Waals surface area contributed by atoms with Crippen LogP contribution in [0.1, 0.15) is 27.0 Å². The molecular formula is C17H16BrClO3. The topological polar surface area (TPSA) is 35.5 Å². The van der Waals surface area contributed by atoms with Gasteiger partial charge < -0.3 is 9.47 Å². The van der Waals surface area contributed by atoms with Crippen LogP contribution < -0.4 is 4.74 Å². The molecule has 0 aliphatic rings. The number of hydrogen-bond acceptors (Lipinski definition) is 3. The van der Waals surface area contributed by atoms with Crippen molar-refractivity contribution in [1.29, 1.82) is 0 Å². The molecule has 22 heavy (non-hydrogen) atoms. The maximum absolute atomic E-state index is 11.8. The third-order valence-electron chi connectivity index (χ3n) is 3.35. The molecule has 5 heteroatoms. The molecule has 0 aliphatic carbocycles. The summed E-state index contributed by atoms with van der Waals surface area (Å²) in [6.07, 6.45) is 0. The number of hydrogen-bond donors (Lipinski definition) is 0. The van der Waals surface area contributed by atoms with E-state index in [2.05, 4.69) is 15.9 Å². The number of carbonyl (C=O) groups is 1. The molecule has 0 saturated heterocycles. The van der Waals surface area contributed by atoms with E-state index in [9.17, 15) is 4.79 Å². The molecule has 0 saturated carbocycles. The van der Waals surface area contributed by atoms with Crippen molar-refractivity contribution in [3.63, 3.8) is 0 Å². The van der Waals surface area contributed by atoms with Crippen LogP contribution in [0, 0.1) is 13.8 Å². The Morgan fingerprint density at radius 1 is 1.23 bits per heavy atom.